The molecular formula is C19H29IN6. The van der Waals surface area contributed by atoms with Gasteiger partial charge in [-0.05, 0) is 50.3 Å². The van der Waals surface area contributed by atoms with Crippen molar-refractivity contribution < 1.29 is 0 Å². The summed E-state index contributed by atoms with van der Waals surface area (Å²) in [5.74, 6) is 2.56. The molecule has 0 aromatic carbocycles. The number of likely N-dealkylation sites (tertiary alicyclic amines) is 1. The van der Waals surface area contributed by atoms with Gasteiger partial charge in [-0.15, -0.1) is 24.0 Å². The van der Waals surface area contributed by atoms with Gasteiger partial charge >= 0.3 is 0 Å². The number of hydrogen-bond acceptors (Lipinski definition) is 3. The number of aryl methyl sites for hydroxylation is 2. The van der Waals surface area contributed by atoms with Crippen LogP contribution in [-0.2, 0) is 6.54 Å². The Morgan fingerprint density at radius 3 is 2.73 bits per heavy atom. The molecule has 0 aliphatic carbocycles. The molecule has 1 saturated heterocycles. The number of aliphatic imine (C=N–C) groups is 1. The Labute approximate surface area is 173 Å². The molecular weight excluding hydrogens is 439 g/mol. The van der Waals surface area contributed by atoms with E-state index in [1.807, 2.05) is 37.8 Å². The molecule has 142 valence electrons. The highest BCUT2D eigenvalue weighted by atomic mass is 127. The molecule has 1 unspecified atom stereocenters. The maximum Gasteiger partial charge on any atom is 0.193 e. The lowest BCUT2D eigenvalue weighted by molar-refractivity contribution is 0.266. The predicted octanol–water partition coefficient (Wildman–Crippen LogP) is 3.31. The summed E-state index contributed by atoms with van der Waals surface area (Å²) in [6.45, 7) is 9.23. The quantitative estimate of drug-likeness (QED) is 0.427. The molecule has 0 bridgehead atoms. The molecule has 0 saturated carbocycles. The molecule has 1 fully saturated rings. The van der Waals surface area contributed by atoms with Crippen molar-refractivity contribution >= 4 is 29.9 Å². The topological polar surface area (TPSA) is 58.3 Å². The summed E-state index contributed by atoms with van der Waals surface area (Å²) in [4.78, 5) is 11.3. The van der Waals surface area contributed by atoms with Crippen LogP contribution in [0.1, 0.15) is 36.7 Å². The molecule has 1 N–H and O–H groups in total. The van der Waals surface area contributed by atoms with Crippen molar-refractivity contribution in [2.24, 2.45) is 10.9 Å². The fourth-order valence-electron chi connectivity index (χ4n) is 3.40. The van der Waals surface area contributed by atoms with Gasteiger partial charge in [-0.25, -0.2) is 9.67 Å². The first kappa shape index (κ1) is 20.7. The lowest BCUT2D eigenvalue weighted by Gasteiger charge is -2.33. The Morgan fingerprint density at radius 1 is 1.35 bits per heavy atom. The summed E-state index contributed by atoms with van der Waals surface area (Å²) in [6.07, 6.45) is 4.46. The van der Waals surface area contributed by atoms with Gasteiger partial charge in [-0.1, -0.05) is 13.0 Å². The highest BCUT2D eigenvalue weighted by Gasteiger charge is 2.19. The fourth-order valence-corrected chi connectivity index (χ4v) is 3.40. The van der Waals surface area contributed by atoms with E-state index in [-0.39, 0.29) is 24.0 Å². The minimum Gasteiger partial charge on any atom is -0.352 e. The monoisotopic (exact) mass is 468 g/mol. The minimum atomic E-state index is 0. The summed E-state index contributed by atoms with van der Waals surface area (Å²) < 4.78 is 1.88. The zero-order valence-corrected chi connectivity index (χ0v) is 18.4. The zero-order chi connectivity index (χ0) is 17.8. The van der Waals surface area contributed by atoms with Crippen molar-refractivity contribution in [1.82, 2.24) is 25.0 Å². The van der Waals surface area contributed by atoms with Crippen molar-refractivity contribution in [3.63, 3.8) is 0 Å². The molecule has 6 nitrogen and oxygen atoms in total. The number of piperidine rings is 1. The Hall–Kier alpha value is -1.64. The summed E-state index contributed by atoms with van der Waals surface area (Å²) in [5.41, 5.74) is 3.23. The normalized spacial score (nSPS) is 17.8. The molecule has 26 heavy (non-hydrogen) atoms. The average Bonchev–Trinajstić information content (AvgIpc) is 2.94. The number of guanidine groups is 1. The maximum absolute atomic E-state index is 4.56. The molecule has 7 heteroatoms. The van der Waals surface area contributed by atoms with Crippen LogP contribution in [0.2, 0.25) is 0 Å². The van der Waals surface area contributed by atoms with Gasteiger partial charge in [-0.2, -0.15) is 5.10 Å². The van der Waals surface area contributed by atoms with Gasteiger partial charge in [0.2, 0.25) is 0 Å². The number of pyridine rings is 1. The van der Waals surface area contributed by atoms with E-state index in [1.165, 1.54) is 12.8 Å². The van der Waals surface area contributed by atoms with E-state index < -0.39 is 0 Å². The lowest BCUT2D eigenvalue weighted by atomic mass is 10.0. The third-order valence-electron chi connectivity index (χ3n) is 4.65. The Balaban J connectivity index is 0.00000243. The number of aromatic nitrogens is 3. The molecule has 1 atom stereocenters. The van der Waals surface area contributed by atoms with Crippen LogP contribution in [-0.4, -0.2) is 45.8 Å². The third-order valence-corrected chi connectivity index (χ3v) is 4.65. The Morgan fingerprint density at radius 2 is 2.15 bits per heavy atom. The van der Waals surface area contributed by atoms with E-state index in [0.717, 1.165) is 54.3 Å². The lowest BCUT2D eigenvalue weighted by Crippen LogP contribution is -2.45. The summed E-state index contributed by atoms with van der Waals surface area (Å²) in [5, 5.41) is 7.94. The van der Waals surface area contributed by atoms with Gasteiger partial charge in [-0.3, -0.25) is 4.99 Å². The van der Waals surface area contributed by atoms with E-state index in [0.29, 0.717) is 0 Å². The Kier molecular flexibility index (Phi) is 7.43. The predicted molar refractivity (Wildman–Crippen MR) is 116 cm³/mol. The van der Waals surface area contributed by atoms with Crippen LogP contribution < -0.4 is 5.32 Å². The smallest absolute Gasteiger partial charge is 0.193 e. The van der Waals surface area contributed by atoms with E-state index in [1.54, 1.807) is 0 Å². The van der Waals surface area contributed by atoms with E-state index in [4.69, 9.17) is 0 Å². The molecule has 3 rings (SSSR count). The minimum absolute atomic E-state index is 0. The first-order valence-corrected chi connectivity index (χ1v) is 9.01. The summed E-state index contributed by atoms with van der Waals surface area (Å²) in [7, 11) is 1.85. The van der Waals surface area contributed by atoms with E-state index in [2.05, 4.69) is 44.3 Å². The summed E-state index contributed by atoms with van der Waals surface area (Å²) >= 11 is 0. The molecule has 0 spiro atoms. The fraction of sp³-hybridized carbons (Fsp3) is 0.526. The van der Waals surface area contributed by atoms with Gasteiger partial charge in [0, 0.05) is 38.6 Å². The highest BCUT2D eigenvalue weighted by molar-refractivity contribution is 14.0. The molecule has 2 aromatic heterocycles. The number of halogens is 1. The van der Waals surface area contributed by atoms with Crippen LogP contribution in [0.15, 0.2) is 29.4 Å². The molecule has 2 aromatic rings. The van der Waals surface area contributed by atoms with Crippen LogP contribution >= 0.6 is 24.0 Å². The summed E-state index contributed by atoms with van der Waals surface area (Å²) in [6, 6.07) is 6.17. The molecule has 1 aliphatic heterocycles. The average molecular weight is 468 g/mol. The largest absolute Gasteiger partial charge is 0.352 e. The number of rotatable bonds is 3. The van der Waals surface area contributed by atoms with Crippen molar-refractivity contribution in [2.75, 3.05) is 20.1 Å². The van der Waals surface area contributed by atoms with E-state index in [9.17, 15) is 0 Å². The van der Waals surface area contributed by atoms with Crippen LogP contribution in [0.3, 0.4) is 0 Å². The second-order valence-corrected chi connectivity index (χ2v) is 6.96. The van der Waals surface area contributed by atoms with Crippen LogP contribution in [0.25, 0.3) is 5.82 Å². The van der Waals surface area contributed by atoms with Crippen LogP contribution in [0, 0.1) is 19.8 Å². The van der Waals surface area contributed by atoms with Crippen molar-refractivity contribution in [3.05, 3.63) is 41.3 Å². The maximum atomic E-state index is 4.56. The molecule has 1 aliphatic rings. The second kappa shape index (κ2) is 9.34. The number of hydrogen-bond donors (Lipinski definition) is 1. The standard InChI is InChI=1S/C19H28N6.HI/c1-14-6-5-9-24(13-14)19(20-4)22-12-17-7-8-18(21-11-17)25-16(3)10-15(2)23-25;/h7-8,10-11,14H,5-6,9,12-13H2,1-4H3,(H,20,22);1H. The van der Waals surface area contributed by atoms with Gasteiger partial charge < -0.3 is 10.2 Å². The van der Waals surface area contributed by atoms with Crippen molar-refractivity contribution in [2.45, 2.75) is 40.2 Å². The van der Waals surface area contributed by atoms with Crippen LogP contribution in [0.5, 0.6) is 0 Å². The third kappa shape index (κ3) is 4.96. The zero-order valence-electron chi connectivity index (χ0n) is 16.1. The SMILES string of the molecule is CN=C(NCc1ccc(-n2nc(C)cc2C)nc1)N1CCCC(C)C1.I. The first-order valence-electron chi connectivity index (χ1n) is 9.01. The number of nitrogens with zero attached hydrogens (tertiary/aromatic N) is 5. The highest BCUT2D eigenvalue weighted by Crippen LogP contribution is 2.15. The molecule has 0 radical (unpaired) electrons. The number of nitrogens with one attached hydrogen (secondary N) is 1. The van der Waals surface area contributed by atoms with Gasteiger partial charge in [0.15, 0.2) is 11.8 Å². The van der Waals surface area contributed by atoms with Crippen molar-refractivity contribution in [1.29, 1.82) is 0 Å². The van der Waals surface area contributed by atoms with E-state index >= 15 is 0 Å². The second-order valence-electron chi connectivity index (χ2n) is 6.96. The molecule has 3 heterocycles. The van der Waals surface area contributed by atoms with Gasteiger partial charge in [0.05, 0.1) is 5.69 Å². The molecule has 0 amide bonds. The van der Waals surface area contributed by atoms with Gasteiger partial charge in [0.1, 0.15) is 0 Å². The van der Waals surface area contributed by atoms with Crippen LogP contribution in [0.4, 0.5) is 0 Å². The first-order chi connectivity index (χ1) is 12.1. The van der Waals surface area contributed by atoms with Crippen molar-refractivity contribution in [3.8, 4) is 5.82 Å². The Bertz CT molecular complexity index is 737. The van der Waals surface area contributed by atoms with Gasteiger partial charge in [0.25, 0.3) is 0 Å².